The molecule has 120 valence electrons. The maximum absolute atomic E-state index is 12.0. The molecule has 0 fully saturated rings. The average molecular weight is 306 g/mol. The molecule has 0 radical (unpaired) electrons. The molecule has 6 nitrogen and oxygen atoms in total. The highest BCUT2D eigenvalue weighted by Gasteiger charge is 2.23. The maximum atomic E-state index is 12.0. The van der Waals surface area contributed by atoms with Gasteiger partial charge in [0.25, 0.3) is 0 Å². The van der Waals surface area contributed by atoms with Crippen molar-refractivity contribution in [2.75, 3.05) is 12.4 Å². The first-order chi connectivity index (χ1) is 10.2. The number of esters is 1. The number of carbonyl (C=O) groups excluding carboxylic acids is 3. The molecule has 1 aromatic carbocycles. The molecule has 2 N–H and O–H groups in total. The highest BCUT2D eigenvalue weighted by Crippen LogP contribution is 2.29. The van der Waals surface area contributed by atoms with Crippen molar-refractivity contribution in [3.8, 4) is 0 Å². The van der Waals surface area contributed by atoms with E-state index in [1.165, 1.54) is 14.0 Å². The summed E-state index contributed by atoms with van der Waals surface area (Å²) in [5, 5.41) is 4.86. The summed E-state index contributed by atoms with van der Waals surface area (Å²) >= 11 is 0. The topological polar surface area (TPSA) is 84.5 Å². The highest BCUT2D eigenvalue weighted by atomic mass is 16.5. The van der Waals surface area contributed by atoms with Crippen LogP contribution in [-0.4, -0.2) is 30.9 Å². The maximum Gasteiger partial charge on any atom is 0.328 e. The van der Waals surface area contributed by atoms with Crippen LogP contribution in [0.25, 0.3) is 0 Å². The SMILES string of the molecule is COC(=O)[C@H](C)NC(=O)C(=O)Nc1ccccc1C(C)(C)C. The number of benzene rings is 1. The van der Waals surface area contributed by atoms with Crippen LogP contribution >= 0.6 is 0 Å². The van der Waals surface area contributed by atoms with E-state index in [4.69, 9.17) is 0 Å². The van der Waals surface area contributed by atoms with Crippen molar-refractivity contribution in [1.82, 2.24) is 5.32 Å². The van der Waals surface area contributed by atoms with E-state index in [1.54, 1.807) is 12.1 Å². The van der Waals surface area contributed by atoms with Gasteiger partial charge in [0, 0.05) is 5.69 Å². The number of para-hydroxylation sites is 1. The zero-order valence-corrected chi connectivity index (χ0v) is 13.5. The molecule has 0 aliphatic rings. The highest BCUT2D eigenvalue weighted by molar-refractivity contribution is 6.40. The minimum Gasteiger partial charge on any atom is -0.467 e. The van der Waals surface area contributed by atoms with Crippen molar-refractivity contribution in [2.45, 2.75) is 39.2 Å². The summed E-state index contributed by atoms with van der Waals surface area (Å²) in [6.07, 6.45) is 0. The third kappa shape index (κ3) is 4.58. The molecule has 0 unspecified atom stereocenters. The van der Waals surface area contributed by atoms with Gasteiger partial charge in [0.05, 0.1) is 7.11 Å². The van der Waals surface area contributed by atoms with Crippen LogP contribution in [0.5, 0.6) is 0 Å². The second kappa shape index (κ2) is 7.06. The fourth-order valence-electron chi connectivity index (χ4n) is 1.92. The van der Waals surface area contributed by atoms with Crippen LogP contribution in [0, 0.1) is 0 Å². The van der Waals surface area contributed by atoms with Crippen molar-refractivity contribution in [2.24, 2.45) is 0 Å². The number of amides is 2. The predicted octanol–water partition coefficient (Wildman–Crippen LogP) is 1.60. The van der Waals surface area contributed by atoms with Gasteiger partial charge >= 0.3 is 17.8 Å². The first-order valence-electron chi connectivity index (χ1n) is 6.96. The Morgan fingerprint density at radius 2 is 1.68 bits per heavy atom. The lowest BCUT2D eigenvalue weighted by molar-refractivity contribution is -0.145. The Bertz CT molecular complexity index is 576. The minimum atomic E-state index is -0.888. The van der Waals surface area contributed by atoms with E-state index in [1.807, 2.05) is 32.9 Å². The summed E-state index contributed by atoms with van der Waals surface area (Å²) in [4.78, 5) is 35.0. The zero-order chi connectivity index (χ0) is 16.9. The lowest BCUT2D eigenvalue weighted by Crippen LogP contribution is -2.44. The molecule has 6 heteroatoms. The van der Waals surface area contributed by atoms with Crippen LogP contribution in [0.1, 0.15) is 33.3 Å². The van der Waals surface area contributed by atoms with Crippen molar-refractivity contribution in [3.63, 3.8) is 0 Å². The van der Waals surface area contributed by atoms with E-state index in [0.717, 1.165) is 5.56 Å². The molecule has 0 bridgehead atoms. The van der Waals surface area contributed by atoms with Gasteiger partial charge in [-0.2, -0.15) is 0 Å². The van der Waals surface area contributed by atoms with Crippen LogP contribution in [0.2, 0.25) is 0 Å². The Hall–Kier alpha value is -2.37. The third-order valence-corrected chi connectivity index (χ3v) is 3.09. The Balaban J connectivity index is 2.82. The fraction of sp³-hybridized carbons (Fsp3) is 0.438. The van der Waals surface area contributed by atoms with Crippen LogP contribution in [-0.2, 0) is 24.5 Å². The number of hydrogen-bond donors (Lipinski definition) is 2. The van der Waals surface area contributed by atoms with Crippen LogP contribution in [0.3, 0.4) is 0 Å². The molecule has 0 aromatic heterocycles. The van der Waals surface area contributed by atoms with Crippen molar-refractivity contribution in [3.05, 3.63) is 29.8 Å². The lowest BCUT2D eigenvalue weighted by atomic mass is 9.86. The molecular formula is C16H22N2O4. The first kappa shape index (κ1) is 17.7. The molecule has 0 saturated carbocycles. The molecule has 1 aromatic rings. The van der Waals surface area contributed by atoms with Gasteiger partial charge in [-0.1, -0.05) is 39.0 Å². The molecular weight excluding hydrogens is 284 g/mol. The van der Waals surface area contributed by atoms with Crippen molar-refractivity contribution >= 4 is 23.5 Å². The number of methoxy groups -OCH3 is 1. The van der Waals surface area contributed by atoms with E-state index in [-0.39, 0.29) is 5.41 Å². The number of rotatable bonds is 3. The lowest BCUT2D eigenvalue weighted by Gasteiger charge is -2.23. The van der Waals surface area contributed by atoms with Gasteiger partial charge in [0.1, 0.15) is 6.04 Å². The Morgan fingerprint density at radius 1 is 1.09 bits per heavy atom. The Kier molecular flexibility index (Phi) is 5.68. The van der Waals surface area contributed by atoms with Gasteiger partial charge < -0.3 is 15.4 Å². The summed E-state index contributed by atoms with van der Waals surface area (Å²) in [5.74, 6) is -2.33. The summed E-state index contributed by atoms with van der Waals surface area (Å²) < 4.78 is 4.49. The predicted molar refractivity (Wildman–Crippen MR) is 83.4 cm³/mol. The van der Waals surface area contributed by atoms with Gasteiger partial charge in [0.2, 0.25) is 0 Å². The van der Waals surface area contributed by atoms with Gasteiger partial charge in [0.15, 0.2) is 0 Å². The molecule has 0 aliphatic heterocycles. The zero-order valence-electron chi connectivity index (χ0n) is 13.5. The quantitative estimate of drug-likeness (QED) is 0.656. The van der Waals surface area contributed by atoms with Crippen LogP contribution in [0.15, 0.2) is 24.3 Å². The standard InChI is InChI=1S/C16H22N2O4/c1-10(15(21)22-5)17-13(19)14(20)18-12-9-7-6-8-11(12)16(2,3)4/h6-10H,1-5H3,(H,17,19)(H,18,20)/t10-/m0/s1. The Labute approximate surface area is 130 Å². The van der Waals surface area contributed by atoms with Gasteiger partial charge in [-0.05, 0) is 24.0 Å². The monoisotopic (exact) mass is 306 g/mol. The number of hydrogen-bond acceptors (Lipinski definition) is 4. The molecule has 0 aliphatic carbocycles. The number of carbonyl (C=O) groups is 3. The first-order valence-corrected chi connectivity index (χ1v) is 6.96. The van der Waals surface area contributed by atoms with Gasteiger partial charge in [-0.3, -0.25) is 9.59 Å². The van der Waals surface area contributed by atoms with E-state index in [0.29, 0.717) is 5.69 Å². The van der Waals surface area contributed by atoms with E-state index in [2.05, 4.69) is 15.4 Å². The molecule has 2 amide bonds. The van der Waals surface area contributed by atoms with Crippen molar-refractivity contribution in [1.29, 1.82) is 0 Å². The van der Waals surface area contributed by atoms with E-state index >= 15 is 0 Å². The summed E-state index contributed by atoms with van der Waals surface area (Å²) in [7, 11) is 1.21. The third-order valence-electron chi connectivity index (χ3n) is 3.09. The normalized spacial score (nSPS) is 12.2. The van der Waals surface area contributed by atoms with Gasteiger partial charge in [-0.25, -0.2) is 4.79 Å². The largest absolute Gasteiger partial charge is 0.467 e. The van der Waals surface area contributed by atoms with Gasteiger partial charge in [-0.15, -0.1) is 0 Å². The summed E-state index contributed by atoms with van der Waals surface area (Å²) in [6, 6.07) is 6.39. The molecule has 0 spiro atoms. The fourth-order valence-corrected chi connectivity index (χ4v) is 1.92. The van der Waals surface area contributed by atoms with Crippen molar-refractivity contribution < 1.29 is 19.1 Å². The van der Waals surface area contributed by atoms with E-state index < -0.39 is 23.8 Å². The second-order valence-corrected chi connectivity index (χ2v) is 5.97. The molecule has 22 heavy (non-hydrogen) atoms. The van der Waals surface area contributed by atoms with Crippen LogP contribution < -0.4 is 10.6 Å². The molecule has 1 rings (SSSR count). The second-order valence-electron chi connectivity index (χ2n) is 5.97. The van der Waals surface area contributed by atoms with E-state index in [9.17, 15) is 14.4 Å². The van der Waals surface area contributed by atoms with Crippen LogP contribution in [0.4, 0.5) is 5.69 Å². The number of anilines is 1. The molecule has 0 saturated heterocycles. The smallest absolute Gasteiger partial charge is 0.328 e. The minimum absolute atomic E-state index is 0.181. The molecule has 0 heterocycles. The molecule has 1 atom stereocenters. The Morgan fingerprint density at radius 3 is 2.23 bits per heavy atom. The summed E-state index contributed by atoms with van der Waals surface area (Å²) in [6.45, 7) is 7.48. The number of ether oxygens (including phenoxy) is 1. The summed E-state index contributed by atoms with van der Waals surface area (Å²) in [5.41, 5.74) is 1.30. The number of nitrogens with one attached hydrogen (secondary N) is 2. The average Bonchev–Trinajstić information content (AvgIpc) is 2.45.